The predicted molar refractivity (Wildman–Crippen MR) is 81.9 cm³/mol. The molecule has 1 N–H and O–H groups in total. The molecule has 106 valence electrons. The van der Waals surface area contributed by atoms with E-state index in [2.05, 4.69) is 35.1 Å². The second-order valence-electron chi connectivity index (χ2n) is 4.98. The van der Waals surface area contributed by atoms with Crippen LogP contribution in [0.5, 0.6) is 5.75 Å². The average Bonchev–Trinajstić information content (AvgIpc) is 2.36. The molecule has 3 nitrogen and oxygen atoms in total. The largest absolute Gasteiger partial charge is 0.493 e. The predicted octanol–water partition coefficient (Wildman–Crippen LogP) is 3.30. The van der Waals surface area contributed by atoms with Crippen LogP contribution in [0.25, 0.3) is 0 Å². The van der Waals surface area contributed by atoms with Crippen LogP contribution in [0, 0.1) is 12.8 Å². The molecule has 0 fully saturated rings. The quantitative estimate of drug-likeness (QED) is 0.780. The van der Waals surface area contributed by atoms with Gasteiger partial charge in [0.1, 0.15) is 5.75 Å². The Bertz CT molecular complexity index is 407. The molecule has 0 saturated carbocycles. The van der Waals surface area contributed by atoms with E-state index in [1.165, 1.54) is 0 Å². The van der Waals surface area contributed by atoms with Crippen LogP contribution in [0.15, 0.2) is 24.3 Å². The minimum absolute atomic E-state index is 0.0257. The van der Waals surface area contributed by atoms with Gasteiger partial charge in [0.05, 0.1) is 13.0 Å². The molecule has 0 radical (unpaired) electrons. The van der Waals surface area contributed by atoms with Gasteiger partial charge in [0.2, 0.25) is 5.91 Å². The summed E-state index contributed by atoms with van der Waals surface area (Å²) < 4.78 is 5.54. The molecule has 0 aliphatic rings. The van der Waals surface area contributed by atoms with Gasteiger partial charge in [-0.15, -0.1) is 0 Å². The molecule has 0 aromatic heterocycles. The van der Waals surface area contributed by atoms with Gasteiger partial charge in [0.25, 0.3) is 0 Å². The topological polar surface area (TPSA) is 38.3 Å². The van der Waals surface area contributed by atoms with Crippen molar-refractivity contribution in [1.82, 2.24) is 5.32 Å². The van der Waals surface area contributed by atoms with Gasteiger partial charge in [0.15, 0.2) is 0 Å². The molecular weight excluding hydrogens is 306 g/mol. The summed E-state index contributed by atoms with van der Waals surface area (Å²) >= 11 is 3.54. The van der Waals surface area contributed by atoms with Crippen molar-refractivity contribution in [3.05, 3.63) is 29.8 Å². The number of alkyl halides is 1. The molecule has 0 heterocycles. The zero-order valence-electron chi connectivity index (χ0n) is 11.8. The van der Waals surface area contributed by atoms with E-state index in [0.717, 1.165) is 11.3 Å². The van der Waals surface area contributed by atoms with E-state index in [4.69, 9.17) is 4.74 Å². The van der Waals surface area contributed by atoms with Crippen LogP contribution in [0.3, 0.4) is 0 Å². The molecule has 0 aliphatic heterocycles. The van der Waals surface area contributed by atoms with Crippen LogP contribution in [0.2, 0.25) is 0 Å². The van der Waals surface area contributed by atoms with Crippen LogP contribution in [-0.2, 0) is 4.79 Å². The van der Waals surface area contributed by atoms with Crippen molar-refractivity contribution < 1.29 is 9.53 Å². The molecule has 19 heavy (non-hydrogen) atoms. The number of amides is 1. The number of aryl methyl sites for hydroxylation is 1. The third-order valence-corrected chi connectivity index (χ3v) is 4.19. The van der Waals surface area contributed by atoms with Crippen molar-refractivity contribution in [2.24, 2.45) is 5.92 Å². The maximum Gasteiger partial charge on any atom is 0.223 e. The van der Waals surface area contributed by atoms with Crippen molar-refractivity contribution in [3.8, 4) is 5.75 Å². The molecule has 0 bridgehead atoms. The lowest BCUT2D eigenvalue weighted by atomic mass is 10.1. The van der Waals surface area contributed by atoms with E-state index in [-0.39, 0.29) is 5.91 Å². The van der Waals surface area contributed by atoms with Crippen molar-refractivity contribution in [3.63, 3.8) is 0 Å². The maximum atomic E-state index is 11.6. The van der Waals surface area contributed by atoms with E-state index in [1.54, 1.807) is 0 Å². The Morgan fingerprint density at radius 3 is 2.79 bits per heavy atom. The highest BCUT2D eigenvalue weighted by atomic mass is 79.9. The Labute approximate surface area is 123 Å². The fraction of sp³-hybridized carbons (Fsp3) is 0.533. The summed E-state index contributed by atoms with van der Waals surface area (Å²) in [6.07, 6.45) is 0.381. The first kappa shape index (κ1) is 16.0. The zero-order chi connectivity index (χ0) is 14.3. The molecule has 1 unspecified atom stereocenters. The molecule has 0 aliphatic carbocycles. The highest BCUT2D eigenvalue weighted by Gasteiger charge is 2.10. The minimum atomic E-state index is 0.0257. The van der Waals surface area contributed by atoms with Gasteiger partial charge in [-0.2, -0.15) is 0 Å². The summed E-state index contributed by atoms with van der Waals surface area (Å²) in [4.78, 5) is 11.9. The van der Waals surface area contributed by atoms with E-state index in [9.17, 15) is 4.79 Å². The van der Waals surface area contributed by atoms with Crippen molar-refractivity contribution in [1.29, 1.82) is 0 Å². The number of halogens is 1. The third-order valence-electron chi connectivity index (χ3n) is 2.81. The monoisotopic (exact) mass is 327 g/mol. The minimum Gasteiger partial charge on any atom is -0.493 e. The first-order valence-corrected chi connectivity index (χ1v) is 7.51. The van der Waals surface area contributed by atoms with Crippen molar-refractivity contribution >= 4 is 21.8 Å². The first-order valence-electron chi connectivity index (χ1n) is 6.59. The maximum absolute atomic E-state index is 11.6. The molecule has 4 heteroatoms. The molecule has 1 aromatic carbocycles. The Kier molecular flexibility index (Phi) is 6.92. The Morgan fingerprint density at radius 1 is 1.42 bits per heavy atom. The van der Waals surface area contributed by atoms with E-state index < -0.39 is 0 Å². The van der Waals surface area contributed by atoms with E-state index >= 15 is 0 Å². The number of rotatable bonds is 7. The lowest BCUT2D eigenvalue weighted by Crippen LogP contribution is -2.32. The van der Waals surface area contributed by atoms with Gasteiger partial charge in [-0.25, -0.2) is 0 Å². The second-order valence-corrected chi connectivity index (χ2v) is 6.16. The first-order chi connectivity index (χ1) is 8.99. The van der Waals surface area contributed by atoms with Crippen LogP contribution >= 0.6 is 15.9 Å². The van der Waals surface area contributed by atoms with Gasteiger partial charge >= 0.3 is 0 Å². The molecule has 0 saturated heterocycles. The highest BCUT2D eigenvalue weighted by molar-refractivity contribution is 9.09. The summed E-state index contributed by atoms with van der Waals surface area (Å²) in [5, 5.41) is 2.90. The fourth-order valence-electron chi connectivity index (χ4n) is 1.50. The van der Waals surface area contributed by atoms with Gasteiger partial charge in [-0.1, -0.05) is 41.9 Å². The summed E-state index contributed by atoms with van der Waals surface area (Å²) in [6.45, 7) is 7.31. The molecule has 1 aromatic rings. The van der Waals surface area contributed by atoms with Crippen LogP contribution < -0.4 is 10.1 Å². The third kappa shape index (κ3) is 6.62. The van der Waals surface area contributed by atoms with Gasteiger partial charge in [-0.05, 0) is 30.5 Å². The number of ether oxygens (including phenoxy) is 1. The zero-order valence-corrected chi connectivity index (χ0v) is 13.4. The Hall–Kier alpha value is -1.03. The van der Waals surface area contributed by atoms with Gasteiger partial charge in [0, 0.05) is 11.4 Å². The second kappa shape index (κ2) is 8.20. The number of nitrogens with one attached hydrogen (secondary N) is 1. The van der Waals surface area contributed by atoms with E-state index in [1.807, 2.05) is 31.2 Å². The standard InChI is InChI=1S/C15H22BrNO2/c1-11(2)14(16)10-17-15(18)7-8-19-13-6-4-5-12(3)9-13/h4-6,9,11,14H,7-8,10H2,1-3H3,(H,17,18). The highest BCUT2D eigenvalue weighted by Crippen LogP contribution is 2.12. The normalized spacial score (nSPS) is 12.3. The SMILES string of the molecule is Cc1cccc(OCCC(=O)NCC(Br)C(C)C)c1. The van der Waals surface area contributed by atoms with Crippen LogP contribution in [-0.4, -0.2) is 23.9 Å². The van der Waals surface area contributed by atoms with Crippen molar-refractivity contribution in [2.45, 2.75) is 32.0 Å². The summed E-state index contributed by atoms with van der Waals surface area (Å²) in [7, 11) is 0. The molecular formula is C15H22BrNO2. The number of benzene rings is 1. The van der Waals surface area contributed by atoms with Crippen LogP contribution in [0.1, 0.15) is 25.8 Å². The Morgan fingerprint density at radius 2 is 2.16 bits per heavy atom. The summed E-state index contributed by atoms with van der Waals surface area (Å²) in [6, 6.07) is 7.83. The molecule has 1 atom stereocenters. The Balaban J connectivity index is 2.20. The molecule has 1 amide bonds. The number of carbonyl (C=O) groups excluding carboxylic acids is 1. The summed E-state index contributed by atoms with van der Waals surface area (Å²) in [5.41, 5.74) is 1.15. The lowest BCUT2D eigenvalue weighted by Gasteiger charge is -2.14. The fourth-order valence-corrected chi connectivity index (χ4v) is 1.66. The van der Waals surface area contributed by atoms with Crippen LogP contribution in [0.4, 0.5) is 0 Å². The number of hydrogen-bond acceptors (Lipinski definition) is 2. The summed E-state index contributed by atoms with van der Waals surface area (Å²) in [5.74, 6) is 1.34. The van der Waals surface area contributed by atoms with Gasteiger partial charge in [-0.3, -0.25) is 4.79 Å². The van der Waals surface area contributed by atoms with E-state index in [0.29, 0.717) is 30.3 Å². The lowest BCUT2D eigenvalue weighted by molar-refractivity contribution is -0.121. The molecule has 0 spiro atoms. The van der Waals surface area contributed by atoms with Crippen molar-refractivity contribution in [2.75, 3.05) is 13.2 Å². The molecule has 1 rings (SSSR count). The smallest absolute Gasteiger partial charge is 0.223 e. The number of hydrogen-bond donors (Lipinski definition) is 1. The van der Waals surface area contributed by atoms with Gasteiger partial charge < -0.3 is 10.1 Å². The number of carbonyl (C=O) groups is 1. The average molecular weight is 328 g/mol.